The van der Waals surface area contributed by atoms with E-state index < -0.39 is 6.09 Å². The maximum Gasteiger partial charge on any atom is 0.411 e. The standard InChI is InChI=1S/C17H25N3O3/c1-2-23-17(21)18-15-13-14(19-7-3-4-8-19)5-6-16(15)20-9-11-22-12-10-20/h5-6,13H,2-4,7-12H2,1H3,(H,18,21). The van der Waals surface area contributed by atoms with Gasteiger partial charge >= 0.3 is 6.09 Å². The van der Waals surface area contributed by atoms with E-state index in [1.54, 1.807) is 0 Å². The van der Waals surface area contributed by atoms with E-state index in [-0.39, 0.29) is 0 Å². The number of carbonyl (C=O) groups is 1. The van der Waals surface area contributed by atoms with Crippen molar-refractivity contribution in [2.24, 2.45) is 0 Å². The van der Waals surface area contributed by atoms with Gasteiger partial charge in [-0.2, -0.15) is 0 Å². The molecule has 1 aromatic rings. The van der Waals surface area contributed by atoms with Crippen molar-refractivity contribution in [1.82, 2.24) is 0 Å². The monoisotopic (exact) mass is 319 g/mol. The van der Waals surface area contributed by atoms with Gasteiger partial charge in [-0.15, -0.1) is 0 Å². The largest absolute Gasteiger partial charge is 0.450 e. The van der Waals surface area contributed by atoms with Gasteiger partial charge in [-0.05, 0) is 38.0 Å². The second-order valence-corrected chi connectivity index (χ2v) is 5.84. The molecule has 2 heterocycles. The lowest BCUT2D eigenvalue weighted by molar-refractivity contribution is 0.123. The molecule has 0 aromatic heterocycles. The maximum absolute atomic E-state index is 11.9. The molecule has 1 N–H and O–H groups in total. The van der Waals surface area contributed by atoms with E-state index in [4.69, 9.17) is 9.47 Å². The molecule has 2 saturated heterocycles. The van der Waals surface area contributed by atoms with E-state index in [1.807, 2.05) is 6.92 Å². The van der Waals surface area contributed by atoms with Gasteiger partial charge in [-0.1, -0.05) is 0 Å². The average Bonchev–Trinajstić information content (AvgIpc) is 3.10. The first-order valence-electron chi connectivity index (χ1n) is 8.43. The lowest BCUT2D eigenvalue weighted by atomic mass is 10.2. The summed E-state index contributed by atoms with van der Waals surface area (Å²) in [5.41, 5.74) is 3.00. The Balaban J connectivity index is 1.85. The molecular weight excluding hydrogens is 294 g/mol. The van der Waals surface area contributed by atoms with Crippen LogP contribution < -0.4 is 15.1 Å². The highest BCUT2D eigenvalue weighted by Gasteiger charge is 2.19. The third kappa shape index (κ3) is 3.88. The van der Waals surface area contributed by atoms with Crippen molar-refractivity contribution in [3.8, 4) is 0 Å². The van der Waals surface area contributed by atoms with Crippen molar-refractivity contribution in [3.05, 3.63) is 18.2 Å². The molecule has 0 aliphatic carbocycles. The first-order valence-corrected chi connectivity index (χ1v) is 8.43. The highest BCUT2D eigenvalue weighted by molar-refractivity contribution is 5.91. The fourth-order valence-electron chi connectivity index (χ4n) is 3.15. The summed E-state index contributed by atoms with van der Waals surface area (Å²) in [6.45, 7) is 7.43. The van der Waals surface area contributed by atoms with E-state index >= 15 is 0 Å². The van der Waals surface area contributed by atoms with Crippen molar-refractivity contribution in [2.45, 2.75) is 19.8 Å². The van der Waals surface area contributed by atoms with Crippen LogP contribution in [0.3, 0.4) is 0 Å². The van der Waals surface area contributed by atoms with Gasteiger partial charge in [0.25, 0.3) is 0 Å². The molecule has 0 unspecified atom stereocenters. The summed E-state index contributed by atoms with van der Waals surface area (Å²) >= 11 is 0. The van der Waals surface area contributed by atoms with Crippen LogP contribution in [-0.4, -0.2) is 52.1 Å². The van der Waals surface area contributed by atoms with Crippen LogP contribution >= 0.6 is 0 Å². The number of nitrogens with zero attached hydrogens (tertiary/aromatic N) is 2. The fourth-order valence-corrected chi connectivity index (χ4v) is 3.15. The lowest BCUT2D eigenvalue weighted by Crippen LogP contribution is -2.36. The fraction of sp³-hybridized carbons (Fsp3) is 0.588. The summed E-state index contributed by atoms with van der Waals surface area (Å²) < 4.78 is 10.5. The third-order valence-corrected chi connectivity index (χ3v) is 4.32. The molecule has 2 aliphatic rings. The van der Waals surface area contributed by atoms with E-state index in [0.29, 0.717) is 19.8 Å². The Labute approximate surface area is 137 Å². The number of nitrogens with one attached hydrogen (secondary N) is 1. The predicted molar refractivity (Wildman–Crippen MR) is 91.6 cm³/mol. The minimum atomic E-state index is -0.402. The number of morpholine rings is 1. The van der Waals surface area contributed by atoms with Gasteiger partial charge in [0.2, 0.25) is 0 Å². The van der Waals surface area contributed by atoms with Crippen LogP contribution in [0, 0.1) is 0 Å². The smallest absolute Gasteiger partial charge is 0.411 e. The second-order valence-electron chi connectivity index (χ2n) is 5.84. The molecule has 0 radical (unpaired) electrons. The topological polar surface area (TPSA) is 54.0 Å². The highest BCUT2D eigenvalue weighted by Crippen LogP contribution is 2.32. The molecule has 6 nitrogen and oxygen atoms in total. The van der Waals surface area contributed by atoms with E-state index in [0.717, 1.165) is 43.2 Å². The normalized spacial score (nSPS) is 18.1. The molecule has 6 heteroatoms. The lowest BCUT2D eigenvalue weighted by Gasteiger charge is -2.31. The van der Waals surface area contributed by atoms with Crippen molar-refractivity contribution in [2.75, 3.05) is 61.1 Å². The number of ether oxygens (including phenoxy) is 2. The van der Waals surface area contributed by atoms with Gasteiger partial charge in [-0.25, -0.2) is 4.79 Å². The van der Waals surface area contributed by atoms with E-state index in [1.165, 1.54) is 12.8 Å². The van der Waals surface area contributed by atoms with Crippen LogP contribution in [0.2, 0.25) is 0 Å². The van der Waals surface area contributed by atoms with Crippen LogP contribution in [0.1, 0.15) is 19.8 Å². The number of amides is 1. The highest BCUT2D eigenvalue weighted by atomic mass is 16.5. The molecular formula is C17H25N3O3. The Morgan fingerprint density at radius 3 is 2.61 bits per heavy atom. The van der Waals surface area contributed by atoms with Crippen molar-refractivity contribution in [3.63, 3.8) is 0 Å². The van der Waals surface area contributed by atoms with Crippen LogP contribution in [-0.2, 0) is 9.47 Å². The Bertz CT molecular complexity index is 538. The van der Waals surface area contributed by atoms with Crippen molar-refractivity contribution < 1.29 is 14.3 Å². The second kappa shape index (κ2) is 7.55. The number of benzene rings is 1. The Kier molecular flexibility index (Phi) is 5.23. The van der Waals surface area contributed by atoms with Crippen LogP contribution in [0.15, 0.2) is 18.2 Å². The zero-order chi connectivity index (χ0) is 16.1. The predicted octanol–water partition coefficient (Wildman–Crippen LogP) is 2.69. The van der Waals surface area contributed by atoms with Crippen LogP contribution in [0.4, 0.5) is 21.9 Å². The first-order chi connectivity index (χ1) is 11.3. The summed E-state index contributed by atoms with van der Waals surface area (Å²) in [7, 11) is 0. The molecule has 1 amide bonds. The Morgan fingerprint density at radius 1 is 1.17 bits per heavy atom. The molecule has 0 bridgehead atoms. The molecule has 23 heavy (non-hydrogen) atoms. The number of hydrogen-bond donors (Lipinski definition) is 1. The molecule has 1 aromatic carbocycles. The number of anilines is 3. The number of carbonyl (C=O) groups excluding carboxylic acids is 1. The van der Waals surface area contributed by atoms with Gasteiger partial charge in [0.05, 0.1) is 31.2 Å². The number of rotatable bonds is 4. The van der Waals surface area contributed by atoms with Crippen LogP contribution in [0.25, 0.3) is 0 Å². The molecule has 3 rings (SSSR count). The maximum atomic E-state index is 11.9. The average molecular weight is 319 g/mol. The minimum Gasteiger partial charge on any atom is -0.450 e. The Hall–Kier alpha value is -1.95. The minimum absolute atomic E-state index is 0.366. The van der Waals surface area contributed by atoms with Gasteiger partial charge in [0, 0.05) is 31.9 Å². The molecule has 0 spiro atoms. The molecule has 2 fully saturated rings. The summed E-state index contributed by atoms with van der Waals surface area (Å²) in [4.78, 5) is 16.5. The molecule has 126 valence electrons. The zero-order valence-corrected chi connectivity index (χ0v) is 13.7. The Morgan fingerprint density at radius 2 is 1.91 bits per heavy atom. The van der Waals surface area contributed by atoms with E-state index in [2.05, 4.69) is 33.3 Å². The number of hydrogen-bond acceptors (Lipinski definition) is 5. The van der Waals surface area contributed by atoms with Gasteiger partial charge < -0.3 is 19.3 Å². The SMILES string of the molecule is CCOC(=O)Nc1cc(N2CCCC2)ccc1N1CCOCC1. The summed E-state index contributed by atoms with van der Waals surface area (Å²) in [5.74, 6) is 0. The van der Waals surface area contributed by atoms with E-state index in [9.17, 15) is 4.79 Å². The first kappa shape index (κ1) is 15.9. The van der Waals surface area contributed by atoms with Crippen molar-refractivity contribution in [1.29, 1.82) is 0 Å². The summed E-state index contributed by atoms with van der Waals surface area (Å²) in [6, 6.07) is 6.31. The summed E-state index contributed by atoms with van der Waals surface area (Å²) in [6.07, 6.45) is 2.05. The van der Waals surface area contributed by atoms with Crippen molar-refractivity contribution >= 4 is 23.2 Å². The van der Waals surface area contributed by atoms with Gasteiger partial charge in [0.1, 0.15) is 0 Å². The molecule has 0 atom stereocenters. The van der Waals surface area contributed by atoms with Crippen LogP contribution in [0.5, 0.6) is 0 Å². The molecule has 2 aliphatic heterocycles. The van der Waals surface area contributed by atoms with Gasteiger partial charge in [0.15, 0.2) is 0 Å². The zero-order valence-electron chi connectivity index (χ0n) is 13.7. The summed E-state index contributed by atoms with van der Waals surface area (Å²) in [5, 5.41) is 2.90. The quantitative estimate of drug-likeness (QED) is 0.925. The van der Waals surface area contributed by atoms with Gasteiger partial charge in [-0.3, -0.25) is 5.32 Å². The molecule has 0 saturated carbocycles. The third-order valence-electron chi connectivity index (χ3n) is 4.32.